The molecule has 22 heavy (non-hydrogen) atoms. The molecular formula is C17H15O4S-. The second-order valence-electron chi connectivity index (χ2n) is 4.75. The quantitative estimate of drug-likeness (QED) is 0.606. The summed E-state index contributed by atoms with van der Waals surface area (Å²) in [5, 5.41) is 10.3. The Labute approximate surface area is 132 Å². The number of carboxylic acid groups (broad SMARTS) is 1. The largest absolute Gasteiger partial charge is 0.546 e. The predicted octanol–water partition coefficient (Wildman–Crippen LogP) is 2.39. The van der Waals surface area contributed by atoms with Crippen LogP contribution in [0.2, 0.25) is 0 Å². The number of rotatable bonds is 6. The number of aliphatic carboxylic acids is 1. The first-order chi connectivity index (χ1) is 10.5. The van der Waals surface area contributed by atoms with Crippen LogP contribution in [-0.4, -0.2) is 18.4 Å². The van der Waals surface area contributed by atoms with E-state index in [9.17, 15) is 14.7 Å². The molecule has 114 valence electrons. The summed E-state index contributed by atoms with van der Waals surface area (Å²) in [7, 11) is 0. The van der Waals surface area contributed by atoms with Gasteiger partial charge in [-0.15, -0.1) is 11.3 Å². The highest BCUT2D eigenvalue weighted by Gasteiger charge is 2.08. The average Bonchev–Trinajstić information content (AvgIpc) is 2.82. The first kappa shape index (κ1) is 16.0. The third kappa shape index (κ3) is 4.30. The molecule has 0 atom stereocenters. The van der Waals surface area contributed by atoms with Gasteiger partial charge in [-0.3, -0.25) is 4.79 Å². The maximum absolute atomic E-state index is 12.1. The van der Waals surface area contributed by atoms with Crippen molar-refractivity contribution in [2.75, 3.05) is 6.61 Å². The molecule has 0 radical (unpaired) electrons. The zero-order valence-electron chi connectivity index (χ0n) is 12.3. The van der Waals surface area contributed by atoms with Gasteiger partial charge in [0.1, 0.15) is 12.4 Å². The van der Waals surface area contributed by atoms with Crippen LogP contribution < -0.4 is 9.84 Å². The van der Waals surface area contributed by atoms with Gasteiger partial charge in [0.15, 0.2) is 5.78 Å². The molecule has 5 heteroatoms. The number of ether oxygens (including phenoxy) is 1. The van der Waals surface area contributed by atoms with E-state index in [1.807, 2.05) is 19.9 Å². The van der Waals surface area contributed by atoms with Gasteiger partial charge < -0.3 is 14.6 Å². The lowest BCUT2D eigenvalue weighted by molar-refractivity contribution is -0.307. The van der Waals surface area contributed by atoms with Gasteiger partial charge in [-0.2, -0.15) is 0 Å². The number of allylic oxidation sites excluding steroid dienone is 1. The molecule has 0 saturated heterocycles. The molecule has 0 fully saturated rings. The molecule has 1 aromatic carbocycles. The first-order valence-corrected chi connectivity index (χ1v) is 7.49. The number of aryl methyl sites for hydroxylation is 2. The van der Waals surface area contributed by atoms with Gasteiger partial charge in [-0.1, -0.05) is 18.2 Å². The van der Waals surface area contributed by atoms with E-state index in [-0.39, 0.29) is 5.78 Å². The van der Waals surface area contributed by atoms with Crippen LogP contribution in [0.3, 0.4) is 0 Å². The molecule has 0 aliphatic carbocycles. The Hall–Kier alpha value is -2.40. The third-order valence-electron chi connectivity index (χ3n) is 2.97. The van der Waals surface area contributed by atoms with Crippen molar-refractivity contribution in [2.24, 2.45) is 0 Å². The van der Waals surface area contributed by atoms with Crippen molar-refractivity contribution < 1.29 is 19.4 Å². The van der Waals surface area contributed by atoms with Gasteiger partial charge in [0.25, 0.3) is 0 Å². The van der Waals surface area contributed by atoms with Crippen molar-refractivity contribution in [1.29, 1.82) is 0 Å². The van der Waals surface area contributed by atoms with Crippen LogP contribution in [0.5, 0.6) is 5.75 Å². The van der Waals surface area contributed by atoms with E-state index in [0.29, 0.717) is 5.75 Å². The van der Waals surface area contributed by atoms with Crippen molar-refractivity contribution in [2.45, 2.75) is 13.8 Å². The van der Waals surface area contributed by atoms with Crippen LogP contribution in [0.25, 0.3) is 6.08 Å². The van der Waals surface area contributed by atoms with E-state index >= 15 is 0 Å². The Balaban J connectivity index is 2.02. The maximum atomic E-state index is 12.1. The molecule has 0 aliphatic heterocycles. The second-order valence-corrected chi connectivity index (χ2v) is 6.21. The molecule has 2 aromatic rings. The van der Waals surface area contributed by atoms with Crippen molar-refractivity contribution in [3.8, 4) is 5.75 Å². The van der Waals surface area contributed by atoms with E-state index in [2.05, 4.69) is 0 Å². The average molecular weight is 315 g/mol. The Morgan fingerprint density at radius 2 is 1.91 bits per heavy atom. The van der Waals surface area contributed by atoms with Crippen LogP contribution in [0, 0.1) is 13.8 Å². The SMILES string of the molecule is Cc1cc(C(=O)/C=C/c2ccc(OCC(=O)[O-])cc2)c(C)s1. The lowest BCUT2D eigenvalue weighted by Gasteiger charge is -2.06. The van der Waals surface area contributed by atoms with Gasteiger partial charge in [-0.05, 0) is 43.7 Å². The van der Waals surface area contributed by atoms with Gasteiger partial charge in [-0.25, -0.2) is 0 Å². The minimum Gasteiger partial charge on any atom is -0.546 e. The highest BCUT2D eigenvalue weighted by atomic mass is 32.1. The Bertz CT molecular complexity index is 711. The minimum absolute atomic E-state index is 0.0286. The number of benzene rings is 1. The number of thiophene rings is 1. The fourth-order valence-electron chi connectivity index (χ4n) is 1.95. The molecule has 0 saturated carbocycles. The molecule has 0 aliphatic rings. The van der Waals surface area contributed by atoms with Crippen LogP contribution in [0.4, 0.5) is 0 Å². The zero-order valence-corrected chi connectivity index (χ0v) is 13.1. The van der Waals surface area contributed by atoms with Gasteiger partial charge in [0, 0.05) is 15.3 Å². The standard InChI is InChI=1S/C17H16O4S/c1-11-9-15(12(2)22-11)16(18)8-5-13-3-6-14(7-4-13)21-10-17(19)20/h3-9H,10H2,1-2H3,(H,19,20)/p-1/b8-5+. The summed E-state index contributed by atoms with van der Waals surface area (Å²) in [6, 6.07) is 8.68. The van der Waals surface area contributed by atoms with Gasteiger partial charge in [0.2, 0.25) is 0 Å². The monoisotopic (exact) mass is 315 g/mol. The number of ketones is 1. The lowest BCUT2D eigenvalue weighted by atomic mass is 10.1. The molecule has 0 spiro atoms. The van der Waals surface area contributed by atoms with Crippen LogP contribution >= 0.6 is 11.3 Å². The topological polar surface area (TPSA) is 66.4 Å². The smallest absolute Gasteiger partial charge is 0.186 e. The normalized spacial score (nSPS) is 10.8. The van der Waals surface area contributed by atoms with Crippen molar-refractivity contribution in [3.05, 3.63) is 57.3 Å². The zero-order chi connectivity index (χ0) is 16.1. The summed E-state index contributed by atoms with van der Waals surface area (Å²) in [5.41, 5.74) is 1.56. The van der Waals surface area contributed by atoms with Crippen molar-refractivity contribution in [3.63, 3.8) is 0 Å². The Kier molecular flexibility index (Phi) is 5.12. The van der Waals surface area contributed by atoms with E-state index in [4.69, 9.17) is 4.74 Å². The number of carbonyl (C=O) groups excluding carboxylic acids is 2. The van der Waals surface area contributed by atoms with Crippen LogP contribution in [-0.2, 0) is 4.79 Å². The molecule has 2 rings (SSSR count). The number of hydrogen-bond acceptors (Lipinski definition) is 5. The summed E-state index contributed by atoms with van der Waals surface area (Å²) in [6.45, 7) is 3.43. The molecule has 0 N–H and O–H groups in total. The lowest BCUT2D eigenvalue weighted by Crippen LogP contribution is -2.28. The fourth-order valence-corrected chi connectivity index (χ4v) is 2.88. The van der Waals surface area contributed by atoms with E-state index < -0.39 is 12.6 Å². The summed E-state index contributed by atoms with van der Waals surface area (Å²) in [6.07, 6.45) is 3.25. The summed E-state index contributed by atoms with van der Waals surface area (Å²) < 4.78 is 4.98. The molecule has 0 unspecified atom stereocenters. The minimum atomic E-state index is -1.27. The molecular weight excluding hydrogens is 300 g/mol. The maximum Gasteiger partial charge on any atom is 0.186 e. The van der Waals surface area contributed by atoms with Crippen LogP contribution in [0.15, 0.2) is 36.4 Å². The predicted molar refractivity (Wildman–Crippen MR) is 84.1 cm³/mol. The Morgan fingerprint density at radius 3 is 2.45 bits per heavy atom. The number of carboxylic acids is 1. The summed E-state index contributed by atoms with van der Waals surface area (Å²) in [5.74, 6) is -0.855. The van der Waals surface area contributed by atoms with Gasteiger partial charge >= 0.3 is 0 Å². The first-order valence-electron chi connectivity index (χ1n) is 6.68. The Morgan fingerprint density at radius 1 is 1.23 bits per heavy atom. The number of hydrogen-bond donors (Lipinski definition) is 0. The summed E-state index contributed by atoms with van der Waals surface area (Å²) >= 11 is 1.60. The highest BCUT2D eigenvalue weighted by molar-refractivity contribution is 7.12. The van der Waals surface area contributed by atoms with E-state index in [1.54, 1.807) is 41.7 Å². The van der Waals surface area contributed by atoms with E-state index in [0.717, 1.165) is 20.9 Å². The molecule has 4 nitrogen and oxygen atoms in total. The van der Waals surface area contributed by atoms with Crippen molar-refractivity contribution >= 4 is 29.2 Å². The molecule has 1 aromatic heterocycles. The molecule has 0 amide bonds. The fraction of sp³-hybridized carbons (Fsp3) is 0.176. The second kappa shape index (κ2) is 7.04. The van der Waals surface area contributed by atoms with Crippen LogP contribution in [0.1, 0.15) is 25.7 Å². The summed E-state index contributed by atoms with van der Waals surface area (Å²) in [4.78, 5) is 24.5. The van der Waals surface area contributed by atoms with Crippen molar-refractivity contribution in [1.82, 2.24) is 0 Å². The highest BCUT2D eigenvalue weighted by Crippen LogP contribution is 2.21. The van der Waals surface area contributed by atoms with E-state index in [1.165, 1.54) is 6.08 Å². The molecule has 1 heterocycles. The van der Waals surface area contributed by atoms with Gasteiger partial charge in [0.05, 0.1) is 5.97 Å². The molecule has 0 bridgehead atoms. The third-order valence-corrected chi connectivity index (χ3v) is 3.94. The number of carbonyl (C=O) groups is 2.